The lowest BCUT2D eigenvalue weighted by molar-refractivity contribution is 0.0696. The standard InChI is InChI=1S/C13H12FNO4S2/c1-8-4-5-20-11(8)7-15-21(18,19)12-3-2-9(13(16)17)6-10(12)14/h2-6,15H,7H2,1H3,(H,16,17). The summed E-state index contributed by atoms with van der Waals surface area (Å²) in [5.74, 6) is -2.41. The molecule has 0 bridgehead atoms. The topological polar surface area (TPSA) is 83.5 Å². The summed E-state index contributed by atoms with van der Waals surface area (Å²) < 4.78 is 40.2. The van der Waals surface area contributed by atoms with Gasteiger partial charge in [0.15, 0.2) is 0 Å². The zero-order valence-corrected chi connectivity index (χ0v) is 12.6. The van der Waals surface area contributed by atoms with Crippen LogP contribution in [0.3, 0.4) is 0 Å². The van der Waals surface area contributed by atoms with Crippen LogP contribution in [0.4, 0.5) is 4.39 Å². The summed E-state index contributed by atoms with van der Waals surface area (Å²) in [5, 5.41) is 10.6. The van der Waals surface area contributed by atoms with Crippen molar-refractivity contribution in [3.63, 3.8) is 0 Å². The lowest BCUT2D eigenvalue weighted by Gasteiger charge is -2.08. The van der Waals surface area contributed by atoms with E-state index in [-0.39, 0.29) is 12.1 Å². The number of rotatable bonds is 5. The van der Waals surface area contributed by atoms with Crippen LogP contribution in [-0.2, 0) is 16.6 Å². The Balaban J connectivity index is 2.23. The highest BCUT2D eigenvalue weighted by Gasteiger charge is 2.20. The molecule has 0 amide bonds. The number of thiophene rings is 1. The van der Waals surface area contributed by atoms with Crippen LogP contribution in [0.2, 0.25) is 0 Å². The molecule has 112 valence electrons. The molecule has 1 aromatic carbocycles. The van der Waals surface area contributed by atoms with Crippen LogP contribution in [0.1, 0.15) is 20.8 Å². The van der Waals surface area contributed by atoms with Crippen molar-refractivity contribution in [3.8, 4) is 0 Å². The lowest BCUT2D eigenvalue weighted by Crippen LogP contribution is -2.24. The minimum atomic E-state index is -4.04. The molecular formula is C13H12FNO4S2. The Hall–Kier alpha value is -1.77. The Labute approximate surface area is 125 Å². The molecule has 8 heteroatoms. The van der Waals surface area contributed by atoms with Crippen molar-refractivity contribution < 1.29 is 22.7 Å². The van der Waals surface area contributed by atoms with Gasteiger partial charge in [0.1, 0.15) is 10.7 Å². The fourth-order valence-corrected chi connectivity index (χ4v) is 3.67. The monoisotopic (exact) mass is 329 g/mol. The van der Waals surface area contributed by atoms with E-state index in [1.54, 1.807) is 0 Å². The van der Waals surface area contributed by atoms with Gasteiger partial charge in [0.25, 0.3) is 0 Å². The molecule has 0 aliphatic rings. The molecule has 0 radical (unpaired) electrons. The van der Waals surface area contributed by atoms with Gasteiger partial charge in [0.05, 0.1) is 5.56 Å². The second-order valence-corrected chi connectivity index (χ2v) is 7.04. The van der Waals surface area contributed by atoms with Gasteiger partial charge >= 0.3 is 5.97 Å². The summed E-state index contributed by atoms with van der Waals surface area (Å²) in [4.78, 5) is 11.0. The highest BCUT2D eigenvalue weighted by molar-refractivity contribution is 7.89. The predicted molar refractivity (Wildman–Crippen MR) is 76.4 cm³/mol. The van der Waals surface area contributed by atoms with Crippen LogP contribution < -0.4 is 4.72 Å². The van der Waals surface area contributed by atoms with Gasteiger partial charge in [0, 0.05) is 11.4 Å². The number of hydrogen-bond acceptors (Lipinski definition) is 4. The van der Waals surface area contributed by atoms with E-state index < -0.39 is 26.7 Å². The number of carboxylic acids is 1. The van der Waals surface area contributed by atoms with E-state index in [1.165, 1.54) is 11.3 Å². The Morgan fingerprint density at radius 2 is 2.10 bits per heavy atom. The Kier molecular flexibility index (Phi) is 4.40. The van der Waals surface area contributed by atoms with Crippen molar-refractivity contribution in [2.45, 2.75) is 18.4 Å². The molecule has 0 spiro atoms. The largest absolute Gasteiger partial charge is 0.478 e. The third-order valence-corrected chi connectivity index (χ3v) is 5.32. The molecule has 0 saturated carbocycles. The molecule has 0 unspecified atom stereocenters. The average Bonchev–Trinajstić information content (AvgIpc) is 2.81. The van der Waals surface area contributed by atoms with E-state index in [9.17, 15) is 17.6 Å². The Morgan fingerprint density at radius 3 is 2.62 bits per heavy atom. The summed E-state index contributed by atoms with van der Waals surface area (Å²) in [5.41, 5.74) is 0.643. The van der Waals surface area contributed by atoms with Crippen molar-refractivity contribution >= 4 is 27.3 Å². The van der Waals surface area contributed by atoms with Crippen molar-refractivity contribution in [2.75, 3.05) is 0 Å². The van der Waals surface area contributed by atoms with Crippen LogP contribution in [0.5, 0.6) is 0 Å². The van der Waals surface area contributed by atoms with E-state index in [4.69, 9.17) is 5.11 Å². The second kappa shape index (κ2) is 5.92. The minimum Gasteiger partial charge on any atom is -0.478 e. The predicted octanol–water partition coefficient (Wildman–Crippen LogP) is 2.37. The quantitative estimate of drug-likeness (QED) is 0.882. The van der Waals surface area contributed by atoms with Crippen LogP contribution in [0.15, 0.2) is 34.5 Å². The highest BCUT2D eigenvalue weighted by atomic mass is 32.2. The molecule has 1 aromatic heterocycles. The van der Waals surface area contributed by atoms with Gasteiger partial charge in [-0.1, -0.05) is 0 Å². The van der Waals surface area contributed by atoms with Crippen LogP contribution in [0.25, 0.3) is 0 Å². The second-order valence-electron chi connectivity index (χ2n) is 4.30. The third kappa shape index (κ3) is 3.46. The van der Waals surface area contributed by atoms with E-state index in [1.807, 2.05) is 18.4 Å². The molecule has 2 aromatic rings. The normalized spacial score (nSPS) is 11.5. The summed E-state index contributed by atoms with van der Waals surface area (Å²) in [6.07, 6.45) is 0. The fourth-order valence-electron chi connectivity index (χ4n) is 1.68. The fraction of sp³-hybridized carbons (Fsp3) is 0.154. The van der Waals surface area contributed by atoms with Crippen molar-refractivity contribution in [2.24, 2.45) is 0 Å². The lowest BCUT2D eigenvalue weighted by atomic mass is 10.2. The zero-order chi connectivity index (χ0) is 15.6. The molecule has 0 atom stereocenters. The van der Waals surface area contributed by atoms with Gasteiger partial charge < -0.3 is 5.11 Å². The number of aryl methyl sites for hydroxylation is 1. The molecule has 0 aliphatic carbocycles. The van der Waals surface area contributed by atoms with Gasteiger partial charge in [-0.05, 0) is 42.1 Å². The molecule has 1 heterocycles. The van der Waals surface area contributed by atoms with E-state index in [0.717, 1.165) is 22.6 Å². The first-order chi connectivity index (χ1) is 9.81. The van der Waals surface area contributed by atoms with E-state index in [2.05, 4.69) is 4.72 Å². The summed E-state index contributed by atoms with van der Waals surface area (Å²) >= 11 is 1.40. The summed E-state index contributed by atoms with van der Waals surface area (Å²) in [6, 6.07) is 4.54. The highest BCUT2D eigenvalue weighted by Crippen LogP contribution is 2.19. The van der Waals surface area contributed by atoms with Gasteiger partial charge in [0.2, 0.25) is 10.0 Å². The molecule has 0 aliphatic heterocycles. The maximum atomic E-state index is 13.8. The van der Waals surface area contributed by atoms with Crippen molar-refractivity contribution in [3.05, 3.63) is 51.5 Å². The summed E-state index contributed by atoms with van der Waals surface area (Å²) in [7, 11) is -4.04. The number of carboxylic acid groups (broad SMARTS) is 1. The number of nitrogens with one attached hydrogen (secondary N) is 1. The van der Waals surface area contributed by atoms with E-state index in [0.29, 0.717) is 6.07 Å². The Bertz CT molecular complexity index is 783. The molecule has 0 fully saturated rings. The van der Waals surface area contributed by atoms with Gasteiger partial charge in [-0.15, -0.1) is 11.3 Å². The summed E-state index contributed by atoms with van der Waals surface area (Å²) in [6.45, 7) is 1.91. The van der Waals surface area contributed by atoms with E-state index >= 15 is 0 Å². The average molecular weight is 329 g/mol. The molecular weight excluding hydrogens is 317 g/mol. The first-order valence-electron chi connectivity index (χ1n) is 5.87. The van der Waals surface area contributed by atoms with Crippen LogP contribution in [-0.4, -0.2) is 19.5 Å². The van der Waals surface area contributed by atoms with Crippen LogP contribution in [0, 0.1) is 12.7 Å². The Morgan fingerprint density at radius 1 is 1.38 bits per heavy atom. The maximum absolute atomic E-state index is 13.8. The van der Waals surface area contributed by atoms with Crippen molar-refractivity contribution in [1.29, 1.82) is 0 Å². The SMILES string of the molecule is Cc1ccsc1CNS(=O)(=O)c1ccc(C(=O)O)cc1F. The number of hydrogen-bond donors (Lipinski definition) is 2. The van der Waals surface area contributed by atoms with Gasteiger partial charge in [-0.3, -0.25) is 0 Å². The minimum absolute atomic E-state index is 0.0615. The maximum Gasteiger partial charge on any atom is 0.335 e. The molecule has 0 saturated heterocycles. The molecule has 21 heavy (non-hydrogen) atoms. The van der Waals surface area contributed by atoms with Gasteiger partial charge in [-0.2, -0.15) is 0 Å². The smallest absolute Gasteiger partial charge is 0.335 e. The number of sulfonamides is 1. The number of carbonyl (C=O) groups is 1. The first-order valence-corrected chi connectivity index (χ1v) is 8.23. The number of halogens is 1. The van der Waals surface area contributed by atoms with Gasteiger partial charge in [-0.25, -0.2) is 22.3 Å². The zero-order valence-electron chi connectivity index (χ0n) is 11.0. The van der Waals surface area contributed by atoms with Crippen LogP contribution >= 0.6 is 11.3 Å². The molecule has 2 N–H and O–H groups in total. The molecule has 5 nitrogen and oxygen atoms in total. The number of benzene rings is 1. The first kappa shape index (κ1) is 15.6. The third-order valence-electron chi connectivity index (χ3n) is 2.86. The number of aromatic carboxylic acids is 1. The molecule has 2 rings (SSSR count). The van der Waals surface area contributed by atoms with Crippen molar-refractivity contribution in [1.82, 2.24) is 4.72 Å².